The van der Waals surface area contributed by atoms with E-state index in [1.165, 1.54) is 4.90 Å². The predicted octanol–water partition coefficient (Wildman–Crippen LogP) is 3.78. The molecule has 3 rings (SSSR count). The average molecular weight is 366 g/mol. The van der Waals surface area contributed by atoms with E-state index in [0.29, 0.717) is 36.6 Å². The molecular formula is C19H24ClNO4. The summed E-state index contributed by atoms with van der Waals surface area (Å²) < 4.78 is 10.7. The molecule has 1 saturated heterocycles. The highest BCUT2D eigenvalue weighted by Gasteiger charge is 2.49. The van der Waals surface area contributed by atoms with Crippen molar-refractivity contribution in [3.05, 3.63) is 34.9 Å². The van der Waals surface area contributed by atoms with Gasteiger partial charge in [0.15, 0.2) is 5.78 Å². The first-order valence-electron chi connectivity index (χ1n) is 8.66. The average Bonchev–Trinajstić information content (AvgIpc) is 2.58. The van der Waals surface area contributed by atoms with Gasteiger partial charge in [0.05, 0.1) is 13.2 Å². The number of likely N-dealkylation sites (N-methyl/N-ethyl adjacent to an activating group) is 1. The van der Waals surface area contributed by atoms with Gasteiger partial charge in [0, 0.05) is 29.5 Å². The monoisotopic (exact) mass is 365 g/mol. The van der Waals surface area contributed by atoms with E-state index < -0.39 is 11.6 Å². The summed E-state index contributed by atoms with van der Waals surface area (Å²) in [6.07, 6.45) is 2.20. The van der Waals surface area contributed by atoms with E-state index in [4.69, 9.17) is 21.1 Å². The molecule has 1 aliphatic carbocycles. The van der Waals surface area contributed by atoms with Crippen molar-refractivity contribution in [3.63, 3.8) is 0 Å². The SMILES string of the molecule is CN(C(=O)OCC1(C)COC1)[C@]1(c2ccccc2Cl)CCCCC1=O. The Kier molecular flexibility index (Phi) is 5.07. The van der Waals surface area contributed by atoms with Gasteiger partial charge in [-0.3, -0.25) is 9.69 Å². The topological polar surface area (TPSA) is 55.8 Å². The van der Waals surface area contributed by atoms with Crippen LogP contribution in [0, 0.1) is 5.41 Å². The van der Waals surface area contributed by atoms with Crippen molar-refractivity contribution in [2.75, 3.05) is 26.9 Å². The van der Waals surface area contributed by atoms with E-state index in [1.807, 2.05) is 25.1 Å². The number of nitrogens with zero attached hydrogens (tertiary/aromatic N) is 1. The first-order chi connectivity index (χ1) is 11.9. The van der Waals surface area contributed by atoms with Gasteiger partial charge >= 0.3 is 6.09 Å². The van der Waals surface area contributed by atoms with E-state index in [9.17, 15) is 9.59 Å². The van der Waals surface area contributed by atoms with Crippen LogP contribution in [-0.4, -0.2) is 43.6 Å². The normalized spacial score (nSPS) is 25.2. The minimum absolute atomic E-state index is 0.0180. The third kappa shape index (κ3) is 3.27. The fourth-order valence-electron chi connectivity index (χ4n) is 3.65. The fraction of sp³-hybridized carbons (Fsp3) is 0.579. The number of Topliss-reactive ketones (excluding diaryl/α,β-unsaturated/α-hetero) is 1. The summed E-state index contributed by atoms with van der Waals surface area (Å²) in [5.74, 6) is 0.0180. The molecule has 1 aromatic rings. The minimum atomic E-state index is -1.05. The number of benzene rings is 1. The highest BCUT2D eigenvalue weighted by molar-refractivity contribution is 6.31. The molecule has 0 aromatic heterocycles. The van der Waals surface area contributed by atoms with Gasteiger partial charge in [-0.15, -0.1) is 0 Å². The number of carbonyl (C=O) groups excluding carboxylic acids is 2. The molecule has 1 aromatic carbocycles. The Hall–Kier alpha value is -1.59. The van der Waals surface area contributed by atoms with Crippen molar-refractivity contribution < 1.29 is 19.1 Å². The van der Waals surface area contributed by atoms with Crippen LogP contribution in [0.25, 0.3) is 0 Å². The molecule has 1 atom stereocenters. The Morgan fingerprint density at radius 1 is 1.32 bits per heavy atom. The lowest BCUT2D eigenvalue weighted by Gasteiger charge is -2.44. The minimum Gasteiger partial charge on any atom is -0.449 e. The molecule has 0 bridgehead atoms. The number of hydrogen-bond donors (Lipinski definition) is 0. The van der Waals surface area contributed by atoms with Gasteiger partial charge in [0.2, 0.25) is 0 Å². The maximum atomic E-state index is 13.0. The van der Waals surface area contributed by atoms with Crippen molar-refractivity contribution in [3.8, 4) is 0 Å². The summed E-state index contributed by atoms with van der Waals surface area (Å²) in [6.45, 7) is 3.46. The zero-order valence-corrected chi connectivity index (χ0v) is 15.5. The summed E-state index contributed by atoms with van der Waals surface area (Å²) in [4.78, 5) is 27.1. The number of amides is 1. The van der Waals surface area contributed by atoms with Gasteiger partial charge in [-0.1, -0.05) is 36.7 Å². The van der Waals surface area contributed by atoms with Crippen molar-refractivity contribution in [1.82, 2.24) is 4.90 Å². The molecule has 0 unspecified atom stereocenters. The number of ketones is 1. The molecule has 2 fully saturated rings. The molecule has 1 saturated carbocycles. The molecule has 1 amide bonds. The summed E-state index contributed by atoms with van der Waals surface area (Å²) in [5.41, 5.74) is -0.506. The summed E-state index contributed by atoms with van der Waals surface area (Å²) >= 11 is 6.39. The predicted molar refractivity (Wildman–Crippen MR) is 94.6 cm³/mol. The largest absolute Gasteiger partial charge is 0.449 e. The van der Waals surface area contributed by atoms with Crippen molar-refractivity contribution >= 4 is 23.5 Å². The van der Waals surface area contributed by atoms with Gasteiger partial charge in [0.1, 0.15) is 12.1 Å². The Labute approximate surface area is 153 Å². The van der Waals surface area contributed by atoms with E-state index in [2.05, 4.69) is 0 Å². The molecule has 2 aliphatic rings. The molecule has 1 heterocycles. The third-order valence-electron chi connectivity index (χ3n) is 5.26. The molecule has 6 heteroatoms. The van der Waals surface area contributed by atoms with Crippen molar-refractivity contribution in [1.29, 1.82) is 0 Å². The number of rotatable bonds is 4. The summed E-state index contributed by atoms with van der Waals surface area (Å²) in [7, 11) is 1.63. The van der Waals surface area contributed by atoms with Crippen molar-refractivity contribution in [2.24, 2.45) is 5.41 Å². The second kappa shape index (κ2) is 6.96. The lowest BCUT2D eigenvalue weighted by molar-refractivity contribution is -0.138. The van der Waals surface area contributed by atoms with Gasteiger partial charge in [-0.05, 0) is 25.3 Å². The fourth-order valence-corrected chi connectivity index (χ4v) is 3.94. The highest BCUT2D eigenvalue weighted by Crippen LogP contribution is 2.42. The van der Waals surface area contributed by atoms with Crippen LogP contribution < -0.4 is 0 Å². The van der Waals surface area contributed by atoms with Gasteiger partial charge in [0.25, 0.3) is 0 Å². The zero-order chi connectivity index (χ0) is 18.1. The van der Waals surface area contributed by atoms with Gasteiger partial charge < -0.3 is 9.47 Å². The van der Waals surface area contributed by atoms with Crippen LogP contribution in [0.15, 0.2) is 24.3 Å². The lowest BCUT2D eigenvalue weighted by Crippen LogP contribution is -2.55. The molecule has 1 aliphatic heterocycles. The number of hydrogen-bond acceptors (Lipinski definition) is 4. The Morgan fingerprint density at radius 2 is 2.04 bits per heavy atom. The second-order valence-electron chi connectivity index (χ2n) is 7.39. The van der Waals surface area contributed by atoms with Crippen LogP contribution in [0.1, 0.15) is 38.2 Å². The quantitative estimate of drug-likeness (QED) is 0.814. The molecule has 0 N–H and O–H groups in total. The molecule has 5 nitrogen and oxygen atoms in total. The second-order valence-corrected chi connectivity index (χ2v) is 7.79. The van der Waals surface area contributed by atoms with Crippen LogP contribution in [0.4, 0.5) is 4.79 Å². The van der Waals surface area contributed by atoms with Crippen molar-refractivity contribution in [2.45, 2.75) is 38.1 Å². The maximum Gasteiger partial charge on any atom is 0.410 e. The van der Waals surface area contributed by atoms with Crippen LogP contribution in [0.2, 0.25) is 5.02 Å². The van der Waals surface area contributed by atoms with Crippen LogP contribution in [0.5, 0.6) is 0 Å². The first kappa shape index (κ1) is 18.2. The van der Waals surface area contributed by atoms with Gasteiger partial charge in [-0.25, -0.2) is 4.79 Å². The van der Waals surface area contributed by atoms with E-state index in [-0.39, 0.29) is 17.8 Å². The molecule has 0 radical (unpaired) electrons. The van der Waals surface area contributed by atoms with Crippen LogP contribution >= 0.6 is 11.6 Å². The lowest BCUT2D eigenvalue weighted by atomic mass is 9.74. The Morgan fingerprint density at radius 3 is 2.64 bits per heavy atom. The first-order valence-corrected chi connectivity index (χ1v) is 9.03. The molecular weight excluding hydrogens is 342 g/mol. The van der Waals surface area contributed by atoms with Crippen LogP contribution in [0.3, 0.4) is 0 Å². The number of carbonyl (C=O) groups is 2. The van der Waals surface area contributed by atoms with E-state index in [1.54, 1.807) is 13.1 Å². The third-order valence-corrected chi connectivity index (χ3v) is 5.59. The van der Waals surface area contributed by atoms with E-state index in [0.717, 1.165) is 12.8 Å². The zero-order valence-electron chi connectivity index (χ0n) is 14.7. The number of halogens is 1. The Balaban J connectivity index is 1.87. The highest BCUT2D eigenvalue weighted by atomic mass is 35.5. The molecule has 136 valence electrons. The van der Waals surface area contributed by atoms with Crippen LogP contribution in [-0.2, 0) is 19.8 Å². The maximum absolute atomic E-state index is 13.0. The van der Waals surface area contributed by atoms with E-state index >= 15 is 0 Å². The Bertz CT molecular complexity index is 673. The number of ether oxygens (including phenoxy) is 2. The standard InChI is InChI=1S/C19H24ClNO4/c1-18(11-24-12-18)13-25-17(23)21(2)19(10-6-5-9-16(19)22)14-7-3-4-8-15(14)20/h3-4,7-8H,5-6,9-13H2,1-2H3/t19-/m0/s1. The smallest absolute Gasteiger partial charge is 0.410 e. The summed E-state index contributed by atoms with van der Waals surface area (Å²) in [6, 6.07) is 7.25. The molecule has 25 heavy (non-hydrogen) atoms. The van der Waals surface area contributed by atoms with Gasteiger partial charge in [-0.2, -0.15) is 0 Å². The molecule has 0 spiro atoms. The summed E-state index contributed by atoms with van der Waals surface area (Å²) in [5, 5.41) is 0.497.